The summed E-state index contributed by atoms with van der Waals surface area (Å²) in [6, 6.07) is -0.164. The summed E-state index contributed by atoms with van der Waals surface area (Å²) in [5, 5.41) is 11.5. The maximum absolute atomic E-state index is 12.1. The number of hydrogen-bond donors (Lipinski definition) is 3. The smallest absolute Gasteiger partial charge is 0.303 e. The van der Waals surface area contributed by atoms with Gasteiger partial charge in [-0.05, 0) is 26.2 Å². The molecule has 5 heteroatoms. The molecule has 1 aliphatic carbocycles. The highest BCUT2D eigenvalue weighted by atomic mass is 16.4. The zero-order valence-corrected chi connectivity index (χ0v) is 11.0. The van der Waals surface area contributed by atoms with Crippen LogP contribution in [0.3, 0.4) is 0 Å². The van der Waals surface area contributed by atoms with Gasteiger partial charge in [0.05, 0.1) is 5.92 Å². The molecule has 0 radical (unpaired) electrons. The van der Waals surface area contributed by atoms with Crippen LogP contribution in [0.2, 0.25) is 0 Å². The quantitative estimate of drug-likeness (QED) is 0.646. The van der Waals surface area contributed by atoms with E-state index in [1.165, 1.54) is 0 Å². The van der Waals surface area contributed by atoms with Crippen molar-refractivity contribution >= 4 is 11.9 Å². The van der Waals surface area contributed by atoms with E-state index in [-0.39, 0.29) is 30.3 Å². The Morgan fingerprint density at radius 1 is 1.33 bits per heavy atom. The lowest BCUT2D eigenvalue weighted by molar-refractivity contribution is -0.137. The first-order valence-corrected chi connectivity index (χ1v) is 6.78. The number of carboxylic acid groups (broad SMARTS) is 1. The van der Waals surface area contributed by atoms with E-state index in [9.17, 15) is 9.59 Å². The van der Waals surface area contributed by atoms with Crippen LogP contribution >= 0.6 is 0 Å². The van der Waals surface area contributed by atoms with Crippen LogP contribution in [0.5, 0.6) is 0 Å². The van der Waals surface area contributed by atoms with Gasteiger partial charge in [-0.15, -0.1) is 0 Å². The number of carbonyl (C=O) groups excluding carboxylic acids is 1. The van der Waals surface area contributed by atoms with Crippen LogP contribution in [0, 0.1) is 5.92 Å². The third-order valence-electron chi connectivity index (χ3n) is 3.59. The number of carbonyl (C=O) groups is 2. The fourth-order valence-electron chi connectivity index (χ4n) is 2.42. The number of aliphatic carboxylic acids is 1. The predicted octanol–water partition coefficient (Wildman–Crippen LogP) is 1.26. The van der Waals surface area contributed by atoms with Crippen molar-refractivity contribution in [3.63, 3.8) is 0 Å². The zero-order valence-electron chi connectivity index (χ0n) is 11.0. The number of hydrogen-bond acceptors (Lipinski definition) is 3. The van der Waals surface area contributed by atoms with Crippen LogP contribution in [0.1, 0.15) is 51.9 Å². The van der Waals surface area contributed by atoms with Crippen LogP contribution in [0.15, 0.2) is 0 Å². The van der Waals surface area contributed by atoms with Crippen LogP contribution < -0.4 is 11.1 Å². The summed E-state index contributed by atoms with van der Waals surface area (Å²) in [6.45, 7) is 1.84. The second kappa shape index (κ2) is 7.36. The molecule has 18 heavy (non-hydrogen) atoms. The van der Waals surface area contributed by atoms with Gasteiger partial charge in [-0.2, -0.15) is 0 Å². The number of nitrogens with one attached hydrogen (secondary N) is 1. The molecule has 0 spiro atoms. The number of nitrogens with two attached hydrogens (primary N) is 1. The minimum atomic E-state index is -0.831. The molecule has 1 fully saturated rings. The molecule has 5 nitrogen and oxygen atoms in total. The van der Waals surface area contributed by atoms with E-state index in [0.29, 0.717) is 6.42 Å². The highest BCUT2D eigenvalue weighted by Gasteiger charge is 2.27. The van der Waals surface area contributed by atoms with Gasteiger partial charge in [-0.1, -0.05) is 19.3 Å². The van der Waals surface area contributed by atoms with Crippen LogP contribution in [-0.2, 0) is 9.59 Å². The van der Waals surface area contributed by atoms with E-state index < -0.39 is 5.97 Å². The fraction of sp³-hybridized carbons (Fsp3) is 0.846. The number of amides is 1. The first-order chi connectivity index (χ1) is 8.50. The lowest BCUT2D eigenvalue weighted by Gasteiger charge is -2.23. The van der Waals surface area contributed by atoms with E-state index in [1.807, 2.05) is 6.92 Å². The number of rotatable bonds is 5. The van der Waals surface area contributed by atoms with Crippen molar-refractivity contribution in [2.24, 2.45) is 11.7 Å². The summed E-state index contributed by atoms with van der Waals surface area (Å²) < 4.78 is 0. The van der Waals surface area contributed by atoms with E-state index in [2.05, 4.69) is 5.32 Å². The van der Waals surface area contributed by atoms with Crippen molar-refractivity contribution < 1.29 is 14.7 Å². The van der Waals surface area contributed by atoms with Crippen molar-refractivity contribution in [3.8, 4) is 0 Å². The molecule has 0 aliphatic heterocycles. The van der Waals surface area contributed by atoms with Gasteiger partial charge in [0.15, 0.2) is 0 Å². The van der Waals surface area contributed by atoms with Gasteiger partial charge >= 0.3 is 5.97 Å². The molecule has 3 atom stereocenters. The highest BCUT2D eigenvalue weighted by molar-refractivity contribution is 5.79. The van der Waals surface area contributed by atoms with Crippen LogP contribution in [-0.4, -0.2) is 29.1 Å². The van der Waals surface area contributed by atoms with Gasteiger partial charge < -0.3 is 16.2 Å². The molecule has 0 heterocycles. The second-order valence-electron chi connectivity index (χ2n) is 5.25. The SMILES string of the molecule is CC(CCC(=O)O)NC(=O)C1CCCCCC1N. The molecule has 4 N–H and O–H groups in total. The summed E-state index contributed by atoms with van der Waals surface area (Å²) >= 11 is 0. The van der Waals surface area contributed by atoms with Crippen molar-refractivity contribution in [2.75, 3.05) is 0 Å². The predicted molar refractivity (Wildman–Crippen MR) is 69.0 cm³/mol. The van der Waals surface area contributed by atoms with Crippen LogP contribution in [0.4, 0.5) is 0 Å². The molecule has 1 saturated carbocycles. The molecule has 0 bridgehead atoms. The summed E-state index contributed by atoms with van der Waals surface area (Å²) in [5.74, 6) is -0.954. The molecule has 0 aromatic rings. The van der Waals surface area contributed by atoms with Crippen LogP contribution in [0.25, 0.3) is 0 Å². The fourth-order valence-corrected chi connectivity index (χ4v) is 2.42. The van der Waals surface area contributed by atoms with Crippen molar-refractivity contribution in [1.82, 2.24) is 5.32 Å². The van der Waals surface area contributed by atoms with Gasteiger partial charge in [0.25, 0.3) is 0 Å². The summed E-state index contributed by atoms with van der Waals surface area (Å²) in [6.07, 6.45) is 5.59. The average molecular weight is 256 g/mol. The van der Waals surface area contributed by atoms with E-state index >= 15 is 0 Å². The molecule has 3 unspecified atom stereocenters. The van der Waals surface area contributed by atoms with Gasteiger partial charge in [-0.3, -0.25) is 9.59 Å². The molecular formula is C13H24N2O3. The first-order valence-electron chi connectivity index (χ1n) is 6.78. The maximum atomic E-state index is 12.1. The van der Waals surface area contributed by atoms with Gasteiger partial charge in [0.2, 0.25) is 5.91 Å². The molecule has 0 aromatic heterocycles. The van der Waals surface area contributed by atoms with E-state index in [4.69, 9.17) is 10.8 Å². The monoisotopic (exact) mass is 256 g/mol. The molecule has 1 rings (SSSR count). The maximum Gasteiger partial charge on any atom is 0.303 e. The lowest BCUT2D eigenvalue weighted by atomic mass is 9.94. The summed E-state index contributed by atoms with van der Waals surface area (Å²) in [4.78, 5) is 22.5. The minimum absolute atomic E-state index is 0.0118. The summed E-state index contributed by atoms with van der Waals surface area (Å²) in [5.41, 5.74) is 6.02. The molecule has 1 aliphatic rings. The molecular weight excluding hydrogens is 232 g/mol. The van der Waals surface area contributed by atoms with E-state index in [0.717, 1.165) is 32.1 Å². The normalized spacial score (nSPS) is 26.1. The Kier molecular flexibility index (Phi) is 6.12. The molecule has 0 aromatic carbocycles. The summed E-state index contributed by atoms with van der Waals surface area (Å²) in [7, 11) is 0. The van der Waals surface area contributed by atoms with Gasteiger partial charge in [0.1, 0.15) is 0 Å². The Hall–Kier alpha value is -1.10. The topological polar surface area (TPSA) is 92.4 Å². The van der Waals surface area contributed by atoms with Gasteiger partial charge in [0, 0.05) is 18.5 Å². The molecule has 1 amide bonds. The Morgan fingerprint density at radius 3 is 2.67 bits per heavy atom. The Balaban J connectivity index is 2.40. The van der Waals surface area contributed by atoms with E-state index in [1.54, 1.807) is 0 Å². The Labute approximate surface area is 108 Å². The van der Waals surface area contributed by atoms with Crippen molar-refractivity contribution in [3.05, 3.63) is 0 Å². The minimum Gasteiger partial charge on any atom is -0.481 e. The van der Waals surface area contributed by atoms with Gasteiger partial charge in [-0.25, -0.2) is 0 Å². The highest BCUT2D eigenvalue weighted by Crippen LogP contribution is 2.22. The van der Waals surface area contributed by atoms with Crippen molar-refractivity contribution in [2.45, 2.75) is 64.0 Å². The lowest BCUT2D eigenvalue weighted by Crippen LogP contribution is -2.44. The molecule has 0 saturated heterocycles. The zero-order chi connectivity index (χ0) is 13.5. The first kappa shape index (κ1) is 15.0. The second-order valence-corrected chi connectivity index (χ2v) is 5.25. The molecule has 104 valence electrons. The standard InChI is InChI=1S/C13H24N2O3/c1-9(7-8-12(16)17)15-13(18)10-5-3-2-4-6-11(10)14/h9-11H,2-8,14H2,1H3,(H,15,18)(H,16,17). The Bertz CT molecular complexity index is 294. The van der Waals surface area contributed by atoms with Crippen molar-refractivity contribution in [1.29, 1.82) is 0 Å². The third kappa shape index (κ3) is 5.04. The Morgan fingerprint density at radius 2 is 2.00 bits per heavy atom. The number of carboxylic acids is 1. The largest absolute Gasteiger partial charge is 0.481 e. The average Bonchev–Trinajstić information content (AvgIpc) is 2.51. The third-order valence-corrected chi connectivity index (χ3v) is 3.59.